The molecule has 2 heterocycles. The molecule has 0 aliphatic rings. The van der Waals surface area contributed by atoms with Gasteiger partial charge in [-0.25, -0.2) is 0 Å². The molecule has 0 unspecified atom stereocenters. The molecular formula is C18H17NO2S. The summed E-state index contributed by atoms with van der Waals surface area (Å²) in [6, 6.07) is 13.8. The van der Waals surface area contributed by atoms with Crippen molar-refractivity contribution in [2.45, 2.75) is 13.3 Å². The summed E-state index contributed by atoms with van der Waals surface area (Å²) in [5, 5.41) is 2.98. The van der Waals surface area contributed by atoms with E-state index in [4.69, 9.17) is 4.42 Å². The van der Waals surface area contributed by atoms with E-state index in [0.717, 1.165) is 23.1 Å². The first-order valence-electron chi connectivity index (χ1n) is 7.19. The Kier molecular flexibility index (Phi) is 4.39. The van der Waals surface area contributed by atoms with Crippen LogP contribution in [0.4, 0.5) is 0 Å². The third kappa shape index (κ3) is 3.28. The lowest BCUT2D eigenvalue weighted by molar-refractivity contribution is 0.0953. The molecular weight excluding hydrogens is 294 g/mol. The highest BCUT2D eigenvalue weighted by atomic mass is 32.1. The molecule has 0 spiro atoms. The van der Waals surface area contributed by atoms with Crippen LogP contribution in [0.25, 0.3) is 10.4 Å². The zero-order valence-corrected chi connectivity index (χ0v) is 13.2. The van der Waals surface area contributed by atoms with E-state index in [1.807, 2.05) is 37.3 Å². The molecule has 0 atom stereocenters. The molecule has 3 aromatic rings. The molecule has 1 N–H and O–H groups in total. The number of hydrogen-bond donors (Lipinski definition) is 1. The van der Waals surface area contributed by atoms with Gasteiger partial charge in [-0.05, 0) is 43.2 Å². The van der Waals surface area contributed by atoms with E-state index in [1.54, 1.807) is 23.9 Å². The normalized spacial score (nSPS) is 10.6. The molecule has 22 heavy (non-hydrogen) atoms. The van der Waals surface area contributed by atoms with Gasteiger partial charge in [0.1, 0.15) is 0 Å². The van der Waals surface area contributed by atoms with Gasteiger partial charge in [0, 0.05) is 27.4 Å². The Balaban J connectivity index is 1.55. The van der Waals surface area contributed by atoms with Crippen LogP contribution in [0.1, 0.15) is 20.8 Å². The summed E-state index contributed by atoms with van der Waals surface area (Å²) in [4.78, 5) is 14.6. The van der Waals surface area contributed by atoms with Crippen LogP contribution in [0.15, 0.2) is 59.4 Å². The van der Waals surface area contributed by atoms with Crippen LogP contribution in [-0.4, -0.2) is 12.5 Å². The summed E-state index contributed by atoms with van der Waals surface area (Å²) in [7, 11) is 0. The number of aryl methyl sites for hydroxylation is 1. The van der Waals surface area contributed by atoms with Crippen molar-refractivity contribution in [3.63, 3.8) is 0 Å². The number of nitrogens with one attached hydrogen (secondary N) is 1. The maximum absolute atomic E-state index is 12.1. The van der Waals surface area contributed by atoms with Crippen molar-refractivity contribution in [2.75, 3.05) is 6.54 Å². The monoisotopic (exact) mass is 311 g/mol. The van der Waals surface area contributed by atoms with Gasteiger partial charge in [0.25, 0.3) is 5.91 Å². The summed E-state index contributed by atoms with van der Waals surface area (Å²) >= 11 is 1.73. The van der Waals surface area contributed by atoms with Crippen molar-refractivity contribution < 1.29 is 9.21 Å². The number of thiophene rings is 1. The molecule has 0 radical (unpaired) electrons. The van der Waals surface area contributed by atoms with E-state index in [-0.39, 0.29) is 5.91 Å². The van der Waals surface area contributed by atoms with Crippen molar-refractivity contribution in [1.29, 1.82) is 0 Å². The lowest BCUT2D eigenvalue weighted by atomic mass is 10.1. The molecule has 0 bridgehead atoms. The third-order valence-corrected chi connectivity index (χ3v) is 4.71. The minimum atomic E-state index is -0.00952. The van der Waals surface area contributed by atoms with Gasteiger partial charge in [-0.15, -0.1) is 11.3 Å². The highest BCUT2D eigenvalue weighted by Crippen LogP contribution is 2.28. The smallest absolute Gasteiger partial charge is 0.251 e. The first kappa shape index (κ1) is 14.6. The number of benzene rings is 1. The zero-order chi connectivity index (χ0) is 15.4. The topological polar surface area (TPSA) is 42.2 Å². The molecule has 3 rings (SSSR count). The van der Waals surface area contributed by atoms with Crippen molar-refractivity contribution >= 4 is 17.2 Å². The van der Waals surface area contributed by atoms with Crippen molar-refractivity contribution in [1.82, 2.24) is 5.32 Å². The molecule has 0 saturated heterocycles. The van der Waals surface area contributed by atoms with Crippen LogP contribution in [0.2, 0.25) is 0 Å². The third-order valence-electron chi connectivity index (χ3n) is 3.51. The molecule has 0 saturated carbocycles. The van der Waals surface area contributed by atoms with Crippen LogP contribution < -0.4 is 5.32 Å². The zero-order valence-electron chi connectivity index (χ0n) is 12.3. The largest absolute Gasteiger partial charge is 0.472 e. The lowest BCUT2D eigenvalue weighted by Crippen LogP contribution is -2.26. The molecule has 1 amide bonds. The molecule has 112 valence electrons. The Morgan fingerprint density at radius 2 is 2.05 bits per heavy atom. The Morgan fingerprint density at radius 1 is 1.18 bits per heavy atom. The minimum Gasteiger partial charge on any atom is -0.472 e. The molecule has 1 aromatic carbocycles. The molecule has 2 aromatic heterocycles. The van der Waals surface area contributed by atoms with Gasteiger partial charge in [0.15, 0.2) is 0 Å². The Hall–Kier alpha value is -2.33. The van der Waals surface area contributed by atoms with E-state index in [1.165, 1.54) is 9.75 Å². The van der Waals surface area contributed by atoms with Crippen LogP contribution >= 0.6 is 11.3 Å². The fourth-order valence-corrected chi connectivity index (χ4v) is 3.29. The van der Waals surface area contributed by atoms with Gasteiger partial charge < -0.3 is 9.73 Å². The Bertz CT molecular complexity index is 759. The van der Waals surface area contributed by atoms with E-state index in [0.29, 0.717) is 6.54 Å². The second kappa shape index (κ2) is 6.62. The number of furan rings is 1. The van der Waals surface area contributed by atoms with E-state index in [2.05, 4.69) is 17.4 Å². The van der Waals surface area contributed by atoms with Gasteiger partial charge in [-0.3, -0.25) is 4.79 Å². The molecule has 4 heteroatoms. The van der Waals surface area contributed by atoms with Gasteiger partial charge in [0.2, 0.25) is 0 Å². The van der Waals surface area contributed by atoms with E-state index in [9.17, 15) is 4.79 Å². The van der Waals surface area contributed by atoms with Crippen LogP contribution in [-0.2, 0) is 6.42 Å². The van der Waals surface area contributed by atoms with Gasteiger partial charge >= 0.3 is 0 Å². The first-order valence-corrected chi connectivity index (χ1v) is 8.01. The summed E-state index contributed by atoms with van der Waals surface area (Å²) in [5.41, 5.74) is 2.84. The van der Waals surface area contributed by atoms with Gasteiger partial charge in [-0.1, -0.05) is 18.2 Å². The summed E-state index contributed by atoms with van der Waals surface area (Å²) in [6.07, 6.45) is 4.26. The standard InChI is InChI=1S/C18H17NO2S/c1-13-4-2-3-5-16(13)18(20)19-10-8-15-6-7-17(22-15)14-9-11-21-12-14/h2-7,9,11-12H,8,10H2,1H3,(H,19,20). The van der Waals surface area contributed by atoms with Gasteiger partial charge in [-0.2, -0.15) is 0 Å². The van der Waals surface area contributed by atoms with E-state index >= 15 is 0 Å². The van der Waals surface area contributed by atoms with Crippen LogP contribution in [0.5, 0.6) is 0 Å². The maximum atomic E-state index is 12.1. The summed E-state index contributed by atoms with van der Waals surface area (Å²) < 4.78 is 5.10. The second-order valence-corrected chi connectivity index (χ2v) is 6.27. The molecule has 3 nitrogen and oxygen atoms in total. The predicted octanol–water partition coefficient (Wildman–Crippen LogP) is 4.29. The number of carbonyl (C=O) groups excluding carboxylic acids is 1. The summed E-state index contributed by atoms with van der Waals surface area (Å²) in [5.74, 6) is -0.00952. The molecule has 0 fully saturated rings. The SMILES string of the molecule is Cc1ccccc1C(=O)NCCc1ccc(-c2ccoc2)s1. The number of carbonyl (C=O) groups is 1. The van der Waals surface area contributed by atoms with E-state index < -0.39 is 0 Å². The predicted molar refractivity (Wildman–Crippen MR) is 89.2 cm³/mol. The highest BCUT2D eigenvalue weighted by molar-refractivity contribution is 7.15. The van der Waals surface area contributed by atoms with Gasteiger partial charge in [0.05, 0.1) is 12.5 Å². The average Bonchev–Trinajstić information content (AvgIpc) is 3.18. The minimum absolute atomic E-state index is 0.00952. The maximum Gasteiger partial charge on any atom is 0.251 e. The number of amides is 1. The van der Waals surface area contributed by atoms with Crippen LogP contribution in [0, 0.1) is 6.92 Å². The first-order chi connectivity index (χ1) is 10.7. The number of hydrogen-bond acceptors (Lipinski definition) is 3. The summed E-state index contributed by atoms with van der Waals surface area (Å²) in [6.45, 7) is 2.59. The van der Waals surface area contributed by atoms with Crippen LogP contribution in [0.3, 0.4) is 0 Å². The fourth-order valence-electron chi connectivity index (χ4n) is 2.29. The van der Waals surface area contributed by atoms with Crippen molar-refractivity contribution in [2.24, 2.45) is 0 Å². The Labute approximate surface area is 133 Å². The fraction of sp³-hybridized carbons (Fsp3) is 0.167. The second-order valence-electron chi connectivity index (χ2n) is 5.10. The quantitative estimate of drug-likeness (QED) is 0.764. The molecule has 0 aliphatic carbocycles. The van der Waals surface area contributed by atoms with Crippen molar-refractivity contribution in [3.8, 4) is 10.4 Å². The van der Waals surface area contributed by atoms with Crippen molar-refractivity contribution in [3.05, 3.63) is 71.0 Å². The molecule has 0 aliphatic heterocycles. The highest BCUT2D eigenvalue weighted by Gasteiger charge is 2.08. The number of rotatable bonds is 5. The lowest BCUT2D eigenvalue weighted by Gasteiger charge is -2.06. The Morgan fingerprint density at radius 3 is 2.82 bits per heavy atom. The average molecular weight is 311 g/mol.